The van der Waals surface area contributed by atoms with Gasteiger partial charge in [-0.15, -0.1) is 0 Å². The second-order valence-corrected chi connectivity index (χ2v) is 9.77. The van der Waals surface area contributed by atoms with E-state index in [9.17, 15) is 0 Å². The summed E-state index contributed by atoms with van der Waals surface area (Å²) in [5, 5.41) is 0. The maximum Gasteiger partial charge on any atom is 0.119 e. The number of aryl methyl sites for hydroxylation is 1. The predicted octanol–water partition coefficient (Wildman–Crippen LogP) is 8.85. The average molecular weight is 505 g/mol. The van der Waals surface area contributed by atoms with Crippen LogP contribution in [0.25, 0.3) is 11.3 Å². The lowest BCUT2D eigenvalue weighted by molar-refractivity contribution is 0.306. The van der Waals surface area contributed by atoms with Gasteiger partial charge in [0.1, 0.15) is 12.4 Å². The Hall–Kier alpha value is -3.90. The fourth-order valence-electron chi connectivity index (χ4n) is 4.65. The van der Waals surface area contributed by atoms with Gasteiger partial charge in [0.2, 0.25) is 0 Å². The van der Waals surface area contributed by atoms with Gasteiger partial charge in [-0.3, -0.25) is 0 Å². The first-order valence-corrected chi connectivity index (χ1v) is 14.0. The molecule has 0 spiro atoms. The first kappa shape index (κ1) is 27.1. The highest BCUT2D eigenvalue weighted by Crippen LogP contribution is 2.28. The van der Waals surface area contributed by atoms with Crippen molar-refractivity contribution >= 4 is 5.69 Å². The molecule has 0 saturated heterocycles. The van der Waals surface area contributed by atoms with Crippen LogP contribution in [0.3, 0.4) is 0 Å². The summed E-state index contributed by atoms with van der Waals surface area (Å²) in [6.45, 7) is 8.94. The molecule has 38 heavy (non-hydrogen) atoms. The Morgan fingerprint density at radius 2 is 1.55 bits per heavy atom. The number of anilines is 1. The van der Waals surface area contributed by atoms with Gasteiger partial charge < -0.3 is 14.2 Å². The second kappa shape index (κ2) is 14.1. The van der Waals surface area contributed by atoms with Crippen LogP contribution >= 0.6 is 0 Å². The lowest BCUT2D eigenvalue weighted by Crippen LogP contribution is -2.20. The summed E-state index contributed by atoms with van der Waals surface area (Å²) in [4.78, 5) is 2.25. The molecule has 4 rings (SSSR count). The van der Waals surface area contributed by atoms with E-state index in [1.807, 2.05) is 18.2 Å². The van der Waals surface area contributed by atoms with Crippen LogP contribution in [-0.4, -0.2) is 11.1 Å². The minimum Gasteiger partial charge on any atom is -0.489 e. The monoisotopic (exact) mass is 504 g/mol. The van der Waals surface area contributed by atoms with Crippen molar-refractivity contribution < 1.29 is 4.74 Å². The molecule has 4 aromatic rings. The third-order valence-corrected chi connectivity index (χ3v) is 6.77. The molecule has 1 aromatic heterocycles. The number of ether oxygens (including phenoxy) is 1. The van der Waals surface area contributed by atoms with Crippen LogP contribution in [0.5, 0.6) is 5.75 Å². The number of hydrogen-bond donors (Lipinski definition) is 0. The van der Waals surface area contributed by atoms with E-state index in [1.54, 1.807) is 0 Å². The molecule has 0 bridgehead atoms. The summed E-state index contributed by atoms with van der Waals surface area (Å²) >= 11 is 0. The second-order valence-electron chi connectivity index (χ2n) is 9.77. The molecule has 0 aliphatic heterocycles. The molecule has 0 radical (unpaired) electrons. The first-order chi connectivity index (χ1) is 18.7. The summed E-state index contributed by atoms with van der Waals surface area (Å²) in [6.07, 6.45) is 5.67. The minimum atomic E-state index is 0.572. The van der Waals surface area contributed by atoms with E-state index in [2.05, 4.69) is 115 Å². The topological polar surface area (TPSA) is 17.4 Å². The molecule has 1 heterocycles. The Bertz CT molecular complexity index is 1330. The van der Waals surface area contributed by atoms with Gasteiger partial charge in [-0.1, -0.05) is 81.1 Å². The summed E-state index contributed by atoms with van der Waals surface area (Å²) in [6, 6.07) is 35.3. The van der Waals surface area contributed by atoms with Gasteiger partial charge in [-0.05, 0) is 78.9 Å². The van der Waals surface area contributed by atoms with Crippen LogP contribution < -0.4 is 9.64 Å². The molecule has 0 amide bonds. The van der Waals surface area contributed by atoms with E-state index in [4.69, 9.17) is 4.74 Å². The lowest BCUT2D eigenvalue weighted by Gasteiger charge is -2.22. The van der Waals surface area contributed by atoms with Crippen molar-refractivity contribution in [2.24, 2.45) is 0 Å². The van der Waals surface area contributed by atoms with Gasteiger partial charge in [0.25, 0.3) is 0 Å². The highest BCUT2D eigenvalue weighted by molar-refractivity contribution is 5.63. The van der Waals surface area contributed by atoms with Crippen molar-refractivity contribution in [3.8, 4) is 29.0 Å². The summed E-state index contributed by atoms with van der Waals surface area (Å²) in [5.41, 5.74) is 7.30. The normalized spacial score (nSPS) is 10.6. The number of hydrogen-bond acceptors (Lipinski definition) is 2. The van der Waals surface area contributed by atoms with Crippen LogP contribution in [0.4, 0.5) is 5.69 Å². The Labute approximate surface area is 229 Å². The van der Waals surface area contributed by atoms with Crippen molar-refractivity contribution in [1.29, 1.82) is 0 Å². The number of nitrogens with zero attached hydrogens (tertiary/aromatic N) is 2. The standard InChI is InChI=1S/C35H40N2O/c1-4-6-7-8-14-26-36(25-5-2)34-18-13-12-17-32(34)27-37-29(3)19-24-35(37)31-20-22-33(23-21-31)38-28-30-15-10-9-11-16-30/h9-13,15-24H,4-8,25,27-28H2,1-3H3. The number of aromatic nitrogens is 1. The predicted molar refractivity (Wildman–Crippen MR) is 160 cm³/mol. The molecule has 0 saturated carbocycles. The van der Waals surface area contributed by atoms with Gasteiger partial charge in [-0.25, -0.2) is 0 Å². The SMILES string of the molecule is CCCCCC#CN(CCC)c1ccccc1Cn1c(C)ccc1-c1ccc(OCc2ccccc2)cc1. The summed E-state index contributed by atoms with van der Waals surface area (Å²) in [5.74, 6) is 4.30. The van der Waals surface area contributed by atoms with Crippen LogP contribution in [0.1, 0.15) is 62.8 Å². The maximum atomic E-state index is 6.01. The molecule has 0 N–H and O–H groups in total. The number of benzene rings is 3. The Morgan fingerprint density at radius 1 is 0.789 bits per heavy atom. The zero-order valence-electron chi connectivity index (χ0n) is 23.1. The largest absolute Gasteiger partial charge is 0.489 e. The molecule has 0 atom stereocenters. The molecule has 3 nitrogen and oxygen atoms in total. The third-order valence-electron chi connectivity index (χ3n) is 6.77. The zero-order chi connectivity index (χ0) is 26.6. The first-order valence-electron chi connectivity index (χ1n) is 14.0. The van der Waals surface area contributed by atoms with E-state index in [0.717, 1.165) is 31.7 Å². The molecule has 196 valence electrons. The van der Waals surface area contributed by atoms with Gasteiger partial charge in [0, 0.05) is 36.9 Å². The quantitative estimate of drug-likeness (QED) is 0.109. The summed E-state index contributed by atoms with van der Waals surface area (Å²) < 4.78 is 8.41. The van der Waals surface area contributed by atoms with Gasteiger partial charge in [0.05, 0.1) is 5.69 Å². The van der Waals surface area contributed by atoms with Gasteiger partial charge >= 0.3 is 0 Å². The minimum absolute atomic E-state index is 0.572. The fraction of sp³-hybridized carbons (Fsp3) is 0.314. The lowest BCUT2D eigenvalue weighted by atomic mass is 10.1. The molecule has 3 aromatic carbocycles. The molecule has 0 aliphatic rings. The van der Waals surface area contributed by atoms with Crippen LogP contribution in [0, 0.1) is 18.9 Å². The zero-order valence-corrected chi connectivity index (χ0v) is 23.1. The molecule has 0 aliphatic carbocycles. The number of unbranched alkanes of at least 4 members (excludes halogenated alkanes) is 3. The van der Waals surface area contributed by atoms with E-state index in [0.29, 0.717) is 6.61 Å². The Morgan fingerprint density at radius 3 is 2.32 bits per heavy atom. The molecular formula is C35H40N2O. The van der Waals surface area contributed by atoms with E-state index in [-0.39, 0.29) is 0 Å². The highest BCUT2D eigenvalue weighted by atomic mass is 16.5. The van der Waals surface area contributed by atoms with E-state index < -0.39 is 0 Å². The Kier molecular flexibility index (Phi) is 10.1. The molecule has 0 unspecified atom stereocenters. The third kappa shape index (κ3) is 7.33. The van der Waals surface area contributed by atoms with Crippen molar-refractivity contribution in [2.75, 3.05) is 11.4 Å². The van der Waals surface area contributed by atoms with Crippen LogP contribution in [-0.2, 0) is 13.2 Å². The average Bonchev–Trinajstić information content (AvgIpc) is 3.32. The van der Waals surface area contributed by atoms with Crippen molar-refractivity contribution in [3.05, 3.63) is 108 Å². The smallest absolute Gasteiger partial charge is 0.119 e. The van der Waals surface area contributed by atoms with Gasteiger partial charge in [0.15, 0.2) is 0 Å². The van der Waals surface area contributed by atoms with Crippen molar-refractivity contribution in [3.63, 3.8) is 0 Å². The number of rotatable bonds is 12. The Balaban J connectivity index is 1.52. The van der Waals surface area contributed by atoms with Crippen LogP contribution in [0.15, 0.2) is 91.0 Å². The van der Waals surface area contributed by atoms with E-state index in [1.165, 1.54) is 53.0 Å². The maximum absolute atomic E-state index is 6.01. The van der Waals surface area contributed by atoms with E-state index >= 15 is 0 Å². The van der Waals surface area contributed by atoms with Crippen LogP contribution in [0.2, 0.25) is 0 Å². The number of para-hydroxylation sites is 1. The fourth-order valence-corrected chi connectivity index (χ4v) is 4.65. The van der Waals surface area contributed by atoms with Gasteiger partial charge in [-0.2, -0.15) is 0 Å². The van der Waals surface area contributed by atoms with Crippen molar-refractivity contribution in [1.82, 2.24) is 4.57 Å². The molecule has 3 heteroatoms. The van der Waals surface area contributed by atoms with Crippen molar-refractivity contribution in [2.45, 2.75) is 66.0 Å². The molecule has 0 fully saturated rings. The summed E-state index contributed by atoms with van der Waals surface area (Å²) in [7, 11) is 0. The highest BCUT2D eigenvalue weighted by Gasteiger charge is 2.13. The molecular weight excluding hydrogens is 464 g/mol.